The van der Waals surface area contributed by atoms with Gasteiger partial charge in [-0.05, 0) is 86.3 Å². The first-order valence-corrected chi connectivity index (χ1v) is 12.6. The number of carbonyl (C=O) groups is 2. The summed E-state index contributed by atoms with van der Waals surface area (Å²) in [5.74, 6) is -0.640. The van der Waals surface area contributed by atoms with E-state index in [0.29, 0.717) is 26.1 Å². The fourth-order valence-corrected chi connectivity index (χ4v) is 3.84. The molecule has 192 valence electrons. The SMILES string of the molecule is CC=CC(=O)OCCc1ccc(N(c2ccc(CCOC(=O)C=CC)cc2)c2ccc(C)c(C)c2)cc1. The van der Waals surface area contributed by atoms with Gasteiger partial charge in [-0.3, -0.25) is 0 Å². The third-order valence-electron chi connectivity index (χ3n) is 6.01. The Morgan fingerprint density at radius 1 is 0.649 bits per heavy atom. The predicted octanol–water partition coefficient (Wildman–Crippen LogP) is 7.10. The highest BCUT2D eigenvalue weighted by Crippen LogP contribution is 2.35. The topological polar surface area (TPSA) is 55.8 Å². The summed E-state index contributed by atoms with van der Waals surface area (Å²) in [7, 11) is 0. The predicted molar refractivity (Wildman–Crippen MR) is 150 cm³/mol. The molecule has 0 unspecified atom stereocenters. The lowest BCUT2D eigenvalue weighted by atomic mass is 10.1. The summed E-state index contributed by atoms with van der Waals surface area (Å²) in [5, 5.41) is 0. The summed E-state index contributed by atoms with van der Waals surface area (Å²) in [6.45, 7) is 8.49. The monoisotopic (exact) mass is 497 g/mol. The Morgan fingerprint density at radius 2 is 1.08 bits per heavy atom. The first-order valence-electron chi connectivity index (χ1n) is 12.6. The number of ether oxygens (including phenoxy) is 2. The highest BCUT2D eigenvalue weighted by Gasteiger charge is 2.13. The van der Waals surface area contributed by atoms with Crippen molar-refractivity contribution in [3.63, 3.8) is 0 Å². The van der Waals surface area contributed by atoms with Crippen LogP contribution in [0.1, 0.15) is 36.1 Å². The molecule has 0 aromatic heterocycles. The number of anilines is 3. The normalized spacial score (nSPS) is 11.1. The zero-order chi connectivity index (χ0) is 26.6. The molecule has 0 amide bonds. The van der Waals surface area contributed by atoms with Crippen molar-refractivity contribution in [1.29, 1.82) is 0 Å². The van der Waals surface area contributed by atoms with Crippen LogP contribution in [0.15, 0.2) is 91.0 Å². The van der Waals surface area contributed by atoms with Crippen molar-refractivity contribution < 1.29 is 19.1 Å². The number of carbonyl (C=O) groups excluding carboxylic acids is 2. The molecule has 0 saturated heterocycles. The number of esters is 2. The molecule has 0 atom stereocenters. The van der Waals surface area contributed by atoms with Gasteiger partial charge in [-0.1, -0.05) is 42.5 Å². The average molecular weight is 498 g/mol. The Balaban J connectivity index is 1.79. The molecule has 3 aromatic carbocycles. The molecule has 0 fully saturated rings. The lowest BCUT2D eigenvalue weighted by Crippen LogP contribution is -2.11. The van der Waals surface area contributed by atoms with Crippen LogP contribution in [0.2, 0.25) is 0 Å². The van der Waals surface area contributed by atoms with Gasteiger partial charge >= 0.3 is 11.9 Å². The average Bonchev–Trinajstić information content (AvgIpc) is 2.88. The van der Waals surface area contributed by atoms with E-state index in [1.807, 2.05) is 0 Å². The highest BCUT2D eigenvalue weighted by molar-refractivity contribution is 5.82. The number of aryl methyl sites for hydroxylation is 2. The summed E-state index contributed by atoms with van der Waals surface area (Å²) in [4.78, 5) is 25.3. The third-order valence-corrected chi connectivity index (χ3v) is 6.01. The lowest BCUT2D eigenvalue weighted by Gasteiger charge is -2.26. The molecule has 3 rings (SSSR count). The maximum absolute atomic E-state index is 11.5. The Kier molecular flexibility index (Phi) is 10.3. The zero-order valence-electron chi connectivity index (χ0n) is 22.1. The standard InChI is InChI=1S/C32H35NO4/c1-5-7-31(34)36-21-19-26-10-15-28(16-11-26)33(30-14-9-24(3)25(4)23-30)29-17-12-27(13-18-29)20-22-37-32(35)8-6-2/h5-18,23H,19-22H2,1-4H3. The quantitative estimate of drug-likeness (QED) is 0.209. The molecule has 0 heterocycles. The van der Waals surface area contributed by atoms with Crippen molar-refractivity contribution in [2.45, 2.75) is 40.5 Å². The van der Waals surface area contributed by atoms with Gasteiger partial charge in [0.2, 0.25) is 0 Å². The molecular weight excluding hydrogens is 462 g/mol. The van der Waals surface area contributed by atoms with Crippen LogP contribution in [0.3, 0.4) is 0 Å². The summed E-state index contributed by atoms with van der Waals surface area (Å²) < 4.78 is 10.4. The van der Waals surface area contributed by atoms with Crippen LogP contribution in [-0.2, 0) is 31.9 Å². The molecule has 0 saturated carbocycles. The largest absolute Gasteiger partial charge is 0.462 e. The van der Waals surface area contributed by atoms with Crippen molar-refractivity contribution in [3.8, 4) is 0 Å². The molecule has 3 aromatic rings. The number of benzene rings is 3. The van der Waals surface area contributed by atoms with Gasteiger partial charge in [-0.2, -0.15) is 0 Å². The molecule has 0 aliphatic heterocycles. The smallest absolute Gasteiger partial charge is 0.330 e. The first kappa shape index (κ1) is 27.5. The van der Waals surface area contributed by atoms with Crippen LogP contribution in [0, 0.1) is 13.8 Å². The van der Waals surface area contributed by atoms with Gasteiger partial charge in [-0.15, -0.1) is 0 Å². The van der Waals surface area contributed by atoms with Gasteiger partial charge in [0.05, 0.1) is 13.2 Å². The molecule has 5 heteroatoms. The van der Waals surface area contributed by atoms with Crippen molar-refractivity contribution in [2.24, 2.45) is 0 Å². The second kappa shape index (κ2) is 13.8. The van der Waals surface area contributed by atoms with E-state index >= 15 is 0 Å². The summed E-state index contributed by atoms with van der Waals surface area (Å²) in [5.41, 5.74) is 7.80. The first-order chi connectivity index (χ1) is 17.9. The number of hydrogen-bond acceptors (Lipinski definition) is 5. The third kappa shape index (κ3) is 8.21. The Morgan fingerprint density at radius 3 is 1.49 bits per heavy atom. The van der Waals surface area contributed by atoms with Crippen LogP contribution in [0.4, 0.5) is 17.1 Å². The van der Waals surface area contributed by atoms with Gasteiger partial charge in [0.15, 0.2) is 0 Å². The van der Waals surface area contributed by atoms with Crippen LogP contribution < -0.4 is 4.90 Å². The van der Waals surface area contributed by atoms with Gasteiger partial charge in [-0.25, -0.2) is 9.59 Å². The van der Waals surface area contributed by atoms with Crippen LogP contribution in [0.5, 0.6) is 0 Å². The van der Waals surface area contributed by atoms with E-state index < -0.39 is 0 Å². The molecule has 0 aliphatic rings. The van der Waals surface area contributed by atoms with E-state index in [-0.39, 0.29) is 11.9 Å². The summed E-state index contributed by atoms with van der Waals surface area (Å²) >= 11 is 0. The van der Waals surface area contributed by atoms with E-state index in [1.165, 1.54) is 23.3 Å². The fourth-order valence-electron chi connectivity index (χ4n) is 3.84. The second-order valence-corrected chi connectivity index (χ2v) is 8.77. The molecule has 0 aliphatic carbocycles. The molecule has 0 N–H and O–H groups in total. The number of hydrogen-bond donors (Lipinski definition) is 0. The van der Waals surface area contributed by atoms with E-state index in [4.69, 9.17) is 9.47 Å². The second-order valence-electron chi connectivity index (χ2n) is 8.77. The van der Waals surface area contributed by atoms with Gasteiger partial charge in [0.25, 0.3) is 0 Å². The number of nitrogens with zero attached hydrogens (tertiary/aromatic N) is 1. The van der Waals surface area contributed by atoms with Crippen LogP contribution in [0.25, 0.3) is 0 Å². The minimum Gasteiger partial charge on any atom is -0.462 e. The minimum absolute atomic E-state index is 0.320. The lowest BCUT2D eigenvalue weighted by molar-refractivity contribution is -0.138. The van der Waals surface area contributed by atoms with Gasteiger partial charge < -0.3 is 14.4 Å². The molecule has 5 nitrogen and oxygen atoms in total. The van der Waals surface area contributed by atoms with Gasteiger partial charge in [0, 0.05) is 42.1 Å². The fraction of sp³-hybridized carbons (Fsp3) is 0.250. The van der Waals surface area contributed by atoms with E-state index in [2.05, 4.69) is 85.5 Å². The summed E-state index contributed by atoms with van der Waals surface area (Å²) in [6.07, 6.45) is 7.50. The Bertz CT molecular complexity index is 1170. The van der Waals surface area contributed by atoms with Crippen molar-refractivity contribution in [1.82, 2.24) is 0 Å². The van der Waals surface area contributed by atoms with Crippen molar-refractivity contribution >= 4 is 29.0 Å². The number of rotatable bonds is 11. The number of allylic oxidation sites excluding steroid dienone is 2. The maximum Gasteiger partial charge on any atom is 0.330 e. The van der Waals surface area contributed by atoms with E-state index in [1.54, 1.807) is 26.0 Å². The molecule has 0 bridgehead atoms. The minimum atomic E-state index is -0.320. The van der Waals surface area contributed by atoms with Crippen LogP contribution in [-0.4, -0.2) is 25.2 Å². The van der Waals surface area contributed by atoms with Gasteiger partial charge in [0.1, 0.15) is 0 Å². The summed E-state index contributed by atoms with van der Waals surface area (Å²) in [6, 6.07) is 23.1. The molecular formula is C32H35NO4. The molecule has 0 spiro atoms. The van der Waals surface area contributed by atoms with Crippen molar-refractivity contribution in [2.75, 3.05) is 18.1 Å². The molecule has 37 heavy (non-hydrogen) atoms. The Hall–Kier alpha value is -4.12. The maximum atomic E-state index is 11.5. The molecule has 0 radical (unpaired) electrons. The van der Waals surface area contributed by atoms with E-state index in [9.17, 15) is 9.59 Å². The van der Waals surface area contributed by atoms with Crippen LogP contribution >= 0.6 is 0 Å². The van der Waals surface area contributed by atoms with E-state index in [0.717, 1.165) is 28.2 Å². The van der Waals surface area contributed by atoms with Crippen molar-refractivity contribution in [3.05, 3.63) is 113 Å². The Labute approximate surface area is 220 Å². The highest BCUT2D eigenvalue weighted by atomic mass is 16.5. The zero-order valence-corrected chi connectivity index (χ0v) is 22.1.